The minimum absolute atomic E-state index is 0.0110. The van der Waals surface area contributed by atoms with Crippen LogP contribution in [0.25, 0.3) is 0 Å². The number of urea groups is 1. The number of carboxylic acids is 1. The highest BCUT2D eigenvalue weighted by Crippen LogP contribution is 2.29. The third kappa shape index (κ3) is 7.34. The van der Waals surface area contributed by atoms with Gasteiger partial charge in [0.1, 0.15) is 0 Å². The SMILES string of the molecule is CCCC(CC(=O)O)NC(=O)NCC1CCC(CC)CC1. The van der Waals surface area contributed by atoms with Gasteiger partial charge in [-0.25, -0.2) is 4.79 Å². The Labute approximate surface area is 127 Å². The van der Waals surface area contributed by atoms with Crippen molar-refractivity contribution >= 4 is 12.0 Å². The monoisotopic (exact) mass is 298 g/mol. The molecule has 0 heterocycles. The molecule has 0 bridgehead atoms. The summed E-state index contributed by atoms with van der Waals surface area (Å²) in [6.45, 7) is 4.93. The highest BCUT2D eigenvalue weighted by molar-refractivity contribution is 5.75. The summed E-state index contributed by atoms with van der Waals surface area (Å²) in [4.78, 5) is 22.6. The van der Waals surface area contributed by atoms with Gasteiger partial charge in [0, 0.05) is 12.6 Å². The molecule has 5 nitrogen and oxygen atoms in total. The predicted molar refractivity (Wildman–Crippen MR) is 83.2 cm³/mol. The van der Waals surface area contributed by atoms with Gasteiger partial charge in [0.2, 0.25) is 0 Å². The van der Waals surface area contributed by atoms with Crippen molar-refractivity contribution in [2.24, 2.45) is 11.8 Å². The Morgan fingerprint density at radius 3 is 2.29 bits per heavy atom. The number of hydrogen-bond donors (Lipinski definition) is 3. The summed E-state index contributed by atoms with van der Waals surface area (Å²) in [5.41, 5.74) is 0. The van der Waals surface area contributed by atoms with Gasteiger partial charge in [0.05, 0.1) is 6.42 Å². The zero-order valence-corrected chi connectivity index (χ0v) is 13.4. The second kappa shape index (κ2) is 9.64. The van der Waals surface area contributed by atoms with Gasteiger partial charge in [-0.05, 0) is 31.1 Å². The van der Waals surface area contributed by atoms with Crippen LogP contribution in [0.1, 0.15) is 65.2 Å². The third-order valence-electron chi connectivity index (χ3n) is 4.49. The molecule has 1 rings (SSSR count). The van der Waals surface area contributed by atoms with Crippen LogP contribution in [0.4, 0.5) is 4.79 Å². The van der Waals surface area contributed by atoms with Crippen molar-refractivity contribution in [1.82, 2.24) is 10.6 Å². The average molecular weight is 298 g/mol. The van der Waals surface area contributed by atoms with Gasteiger partial charge in [-0.2, -0.15) is 0 Å². The van der Waals surface area contributed by atoms with E-state index in [2.05, 4.69) is 17.6 Å². The quantitative estimate of drug-likeness (QED) is 0.644. The van der Waals surface area contributed by atoms with E-state index in [0.29, 0.717) is 18.9 Å². The van der Waals surface area contributed by atoms with Gasteiger partial charge in [-0.15, -0.1) is 0 Å². The van der Waals surface area contributed by atoms with Crippen molar-refractivity contribution in [2.45, 2.75) is 71.3 Å². The maximum atomic E-state index is 11.9. The van der Waals surface area contributed by atoms with Crippen LogP contribution in [0.3, 0.4) is 0 Å². The molecule has 1 atom stereocenters. The van der Waals surface area contributed by atoms with Crippen molar-refractivity contribution in [3.63, 3.8) is 0 Å². The minimum atomic E-state index is -0.869. The molecular weight excluding hydrogens is 268 g/mol. The highest BCUT2D eigenvalue weighted by atomic mass is 16.4. The van der Waals surface area contributed by atoms with Crippen molar-refractivity contribution < 1.29 is 14.7 Å². The molecule has 2 amide bonds. The standard InChI is InChI=1S/C16H30N2O3/c1-3-5-14(10-15(19)20)18-16(21)17-11-13-8-6-12(4-2)7-9-13/h12-14H,3-11H2,1-2H3,(H,19,20)(H2,17,18,21). The van der Waals surface area contributed by atoms with E-state index in [0.717, 1.165) is 12.3 Å². The fraction of sp³-hybridized carbons (Fsp3) is 0.875. The summed E-state index contributed by atoms with van der Waals surface area (Å²) in [6.07, 6.45) is 7.71. The lowest BCUT2D eigenvalue weighted by Gasteiger charge is -2.28. The van der Waals surface area contributed by atoms with Crippen molar-refractivity contribution in [3.05, 3.63) is 0 Å². The summed E-state index contributed by atoms with van der Waals surface area (Å²) in [7, 11) is 0. The van der Waals surface area contributed by atoms with Crippen LogP contribution in [-0.4, -0.2) is 29.7 Å². The lowest BCUT2D eigenvalue weighted by molar-refractivity contribution is -0.137. The molecule has 3 N–H and O–H groups in total. The number of nitrogens with one attached hydrogen (secondary N) is 2. The van der Waals surface area contributed by atoms with E-state index in [9.17, 15) is 9.59 Å². The highest BCUT2D eigenvalue weighted by Gasteiger charge is 2.21. The molecule has 0 aromatic rings. The molecule has 21 heavy (non-hydrogen) atoms. The van der Waals surface area contributed by atoms with E-state index in [1.807, 2.05) is 6.92 Å². The molecule has 1 aliphatic carbocycles. The zero-order chi connectivity index (χ0) is 15.7. The molecule has 5 heteroatoms. The lowest BCUT2D eigenvalue weighted by atomic mass is 9.81. The number of carboxylic acid groups (broad SMARTS) is 1. The first kappa shape index (κ1) is 17.8. The van der Waals surface area contributed by atoms with Gasteiger partial charge < -0.3 is 15.7 Å². The van der Waals surface area contributed by atoms with Crippen LogP contribution in [0.5, 0.6) is 0 Å². The summed E-state index contributed by atoms with van der Waals surface area (Å²) in [5, 5.41) is 14.5. The van der Waals surface area contributed by atoms with Crippen LogP contribution in [-0.2, 0) is 4.79 Å². The first-order valence-corrected chi connectivity index (χ1v) is 8.31. The van der Waals surface area contributed by atoms with E-state index in [1.165, 1.54) is 32.1 Å². The topological polar surface area (TPSA) is 78.4 Å². The molecule has 1 saturated carbocycles. The van der Waals surface area contributed by atoms with Crippen LogP contribution >= 0.6 is 0 Å². The summed E-state index contributed by atoms with van der Waals surface area (Å²) < 4.78 is 0. The van der Waals surface area contributed by atoms with Gasteiger partial charge in [-0.3, -0.25) is 4.79 Å². The van der Waals surface area contributed by atoms with Gasteiger partial charge >= 0.3 is 12.0 Å². The third-order valence-corrected chi connectivity index (χ3v) is 4.49. The summed E-state index contributed by atoms with van der Waals surface area (Å²) >= 11 is 0. The average Bonchev–Trinajstić information content (AvgIpc) is 2.45. The summed E-state index contributed by atoms with van der Waals surface area (Å²) in [5.74, 6) is 0.564. The first-order valence-electron chi connectivity index (χ1n) is 8.31. The molecule has 122 valence electrons. The molecule has 0 aromatic carbocycles. The van der Waals surface area contributed by atoms with Gasteiger partial charge in [0.15, 0.2) is 0 Å². The van der Waals surface area contributed by atoms with Crippen LogP contribution in [0, 0.1) is 11.8 Å². The molecule has 1 aliphatic rings. The van der Waals surface area contributed by atoms with E-state index >= 15 is 0 Å². The number of carbonyl (C=O) groups excluding carboxylic acids is 1. The maximum Gasteiger partial charge on any atom is 0.315 e. The molecule has 1 fully saturated rings. The van der Waals surface area contributed by atoms with Crippen LogP contribution in [0.2, 0.25) is 0 Å². The maximum absolute atomic E-state index is 11.9. The number of aliphatic carboxylic acids is 1. The van der Waals surface area contributed by atoms with Gasteiger partial charge in [0.25, 0.3) is 0 Å². The molecule has 0 radical (unpaired) electrons. The van der Waals surface area contributed by atoms with E-state index < -0.39 is 5.97 Å². The lowest BCUT2D eigenvalue weighted by Crippen LogP contribution is -2.44. The Morgan fingerprint density at radius 2 is 1.76 bits per heavy atom. The van der Waals surface area contributed by atoms with E-state index in [1.54, 1.807) is 0 Å². The largest absolute Gasteiger partial charge is 0.481 e. The minimum Gasteiger partial charge on any atom is -0.481 e. The number of carbonyl (C=O) groups is 2. The Kier molecular flexibility index (Phi) is 8.16. The van der Waals surface area contributed by atoms with Crippen LogP contribution < -0.4 is 10.6 Å². The number of amides is 2. The number of rotatable bonds is 8. The molecule has 0 spiro atoms. The molecule has 1 unspecified atom stereocenters. The van der Waals surface area contributed by atoms with Crippen molar-refractivity contribution in [3.8, 4) is 0 Å². The molecule has 0 aliphatic heterocycles. The van der Waals surface area contributed by atoms with E-state index in [-0.39, 0.29) is 18.5 Å². The molecular formula is C16H30N2O3. The predicted octanol–water partition coefficient (Wildman–Crippen LogP) is 3.15. The Morgan fingerprint density at radius 1 is 1.14 bits per heavy atom. The Balaban J connectivity index is 2.24. The first-order chi connectivity index (χ1) is 10.0. The van der Waals surface area contributed by atoms with Gasteiger partial charge in [-0.1, -0.05) is 39.5 Å². The Bertz CT molecular complexity index is 325. The normalized spacial score (nSPS) is 23.3. The van der Waals surface area contributed by atoms with E-state index in [4.69, 9.17) is 5.11 Å². The molecule has 0 aromatic heterocycles. The van der Waals surface area contributed by atoms with Crippen LogP contribution in [0.15, 0.2) is 0 Å². The fourth-order valence-corrected chi connectivity index (χ4v) is 3.10. The molecule has 0 saturated heterocycles. The second-order valence-corrected chi connectivity index (χ2v) is 6.23. The second-order valence-electron chi connectivity index (χ2n) is 6.23. The summed E-state index contributed by atoms with van der Waals surface area (Å²) in [6, 6.07) is -0.504. The van der Waals surface area contributed by atoms with Crippen molar-refractivity contribution in [1.29, 1.82) is 0 Å². The smallest absolute Gasteiger partial charge is 0.315 e. The Hall–Kier alpha value is -1.26. The zero-order valence-electron chi connectivity index (χ0n) is 13.4. The number of hydrogen-bond acceptors (Lipinski definition) is 2. The fourth-order valence-electron chi connectivity index (χ4n) is 3.10. The van der Waals surface area contributed by atoms with Crippen molar-refractivity contribution in [2.75, 3.05) is 6.54 Å².